The molecule has 0 radical (unpaired) electrons. The van der Waals surface area contributed by atoms with E-state index in [0.717, 1.165) is 60.8 Å². The number of fused-ring (bicyclic) bond motifs is 2. The van der Waals surface area contributed by atoms with Crippen LogP contribution in [0.3, 0.4) is 0 Å². The lowest BCUT2D eigenvalue weighted by atomic mass is 10.0. The lowest BCUT2D eigenvalue weighted by Crippen LogP contribution is -2.31. The fourth-order valence-corrected chi connectivity index (χ4v) is 6.04. The lowest BCUT2D eigenvalue weighted by molar-refractivity contribution is 0.378. The first-order chi connectivity index (χ1) is 17.8. The molecule has 36 heavy (non-hydrogen) atoms. The van der Waals surface area contributed by atoms with Gasteiger partial charge in [0.15, 0.2) is 0 Å². The van der Waals surface area contributed by atoms with Gasteiger partial charge >= 0.3 is 0 Å². The molecule has 0 amide bonds. The van der Waals surface area contributed by atoms with Crippen LogP contribution < -0.4 is 10.2 Å². The molecule has 0 bridgehead atoms. The Morgan fingerprint density at radius 2 is 1.86 bits per heavy atom. The molecule has 2 aliphatic heterocycles. The Kier molecular flexibility index (Phi) is 5.54. The summed E-state index contributed by atoms with van der Waals surface area (Å²) in [5.41, 5.74) is 10.1. The van der Waals surface area contributed by atoms with Crippen molar-refractivity contribution in [2.45, 2.75) is 44.6 Å². The minimum atomic E-state index is 0.461. The summed E-state index contributed by atoms with van der Waals surface area (Å²) in [5.74, 6) is 0. The fourth-order valence-electron chi connectivity index (χ4n) is 6.04. The van der Waals surface area contributed by atoms with Crippen LogP contribution in [-0.2, 0) is 6.42 Å². The van der Waals surface area contributed by atoms with Gasteiger partial charge < -0.3 is 14.8 Å². The number of aromatic nitrogens is 4. The summed E-state index contributed by atoms with van der Waals surface area (Å²) < 4.78 is 2.36. The number of rotatable bonds is 4. The average Bonchev–Trinajstić information content (AvgIpc) is 3.58. The Hall–Kier alpha value is -3.51. The standard InChI is InChI=1S/C30H32N6/c1-2-14-35(15-3-1)23-7-4-6-22(16-23)28-19-32-27-12-10-25(30(27)34-28)21-9-11-26-29(17-21)36(20-33-26)24-8-5-13-31-18-24/h4,6-7,9-11,16-17,19-20,24,31H,1-3,5,8,12-15,18H2. The van der Waals surface area contributed by atoms with Gasteiger partial charge in [0.05, 0.1) is 40.6 Å². The highest BCUT2D eigenvalue weighted by molar-refractivity contribution is 5.88. The van der Waals surface area contributed by atoms with Gasteiger partial charge in [-0.2, -0.15) is 0 Å². The summed E-state index contributed by atoms with van der Waals surface area (Å²) in [6.07, 6.45) is 13.4. The number of anilines is 1. The summed E-state index contributed by atoms with van der Waals surface area (Å²) >= 11 is 0. The minimum absolute atomic E-state index is 0.461. The molecule has 4 aromatic rings. The molecule has 1 aliphatic carbocycles. The summed E-state index contributed by atoms with van der Waals surface area (Å²) in [7, 11) is 0. The van der Waals surface area contributed by atoms with Crippen molar-refractivity contribution < 1.29 is 0 Å². The van der Waals surface area contributed by atoms with E-state index in [1.54, 1.807) is 0 Å². The third-order valence-electron chi connectivity index (χ3n) is 8.02. The molecular formula is C30H32N6. The number of benzene rings is 2. The molecule has 0 spiro atoms. The van der Waals surface area contributed by atoms with Crippen molar-refractivity contribution in [2.24, 2.45) is 0 Å². The molecule has 0 saturated carbocycles. The van der Waals surface area contributed by atoms with Crippen LogP contribution >= 0.6 is 0 Å². The topological polar surface area (TPSA) is 58.9 Å². The number of allylic oxidation sites excluding steroid dienone is 1. The molecule has 6 nitrogen and oxygen atoms in total. The van der Waals surface area contributed by atoms with Gasteiger partial charge in [-0.15, -0.1) is 0 Å². The lowest BCUT2D eigenvalue weighted by Gasteiger charge is -2.29. The predicted molar refractivity (Wildman–Crippen MR) is 145 cm³/mol. The molecule has 1 atom stereocenters. The maximum absolute atomic E-state index is 5.17. The third kappa shape index (κ3) is 3.90. The van der Waals surface area contributed by atoms with Gasteiger partial charge in [0.25, 0.3) is 0 Å². The van der Waals surface area contributed by atoms with E-state index in [4.69, 9.17) is 15.0 Å². The van der Waals surface area contributed by atoms with Crippen molar-refractivity contribution in [1.82, 2.24) is 24.8 Å². The van der Waals surface area contributed by atoms with E-state index in [9.17, 15) is 0 Å². The number of imidazole rings is 1. The van der Waals surface area contributed by atoms with E-state index in [1.807, 2.05) is 12.5 Å². The van der Waals surface area contributed by atoms with Gasteiger partial charge in [-0.1, -0.05) is 24.3 Å². The van der Waals surface area contributed by atoms with Crippen LogP contribution in [0.25, 0.3) is 27.9 Å². The first-order valence-corrected chi connectivity index (χ1v) is 13.4. The molecule has 2 aromatic heterocycles. The number of hydrogen-bond donors (Lipinski definition) is 1. The van der Waals surface area contributed by atoms with Gasteiger partial charge in [-0.25, -0.2) is 9.97 Å². The van der Waals surface area contributed by atoms with Crippen molar-refractivity contribution >= 4 is 22.3 Å². The van der Waals surface area contributed by atoms with Crippen molar-refractivity contribution in [2.75, 3.05) is 31.1 Å². The highest BCUT2D eigenvalue weighted by Gasteiger charge is 2.22. The highest BCUT2D eigenvalue weighted by atomic mass is 15.1. The second-order valence-electron chi connectivity index (χ2n) is 10.3. The smallest absolute Gasteiger partial charge is 0.0961 e. The van der Waals surface area contributed by atoms with Crippen molar-refractivity contribution in [1.29, 1.82) is 0 Å². The molecule has 2 aromatic carbocycles. The molecule has 1 N–H and O–H groups in total. The molecule has 2 saturated heterocycles. The number of nitrogens with zero attached hydrogens (tertiary/aromatic N) is 5. The van der Waals surface area contributed by atoms with Crippen molar-refractivity contribution in [3.63, 3.8) is 0 Å². The van der Waals surface area contributed by atoms with E-state index >= 15 is 0 Å². The number of nitrogens with one attached hydrogen (secondary N) is 1. The number of piperidine rings is 2. The molecule has 7 rings (SSSR count). The Bertz CT molecular complexity index is 1440. The maximum Gasteiger partial charge on any atom is 0.0961 e. The average molecular weight is 477 g/mol. The Morgan fingerprint density at radius 1 is 0.917 bits per heavy atom. The SMILES string of the molecule is C1=C(c2ccc3ncn(C4CCCNC4)c3c2)c2nc(-c3cccc(N4CCCCC4)c3)cnc2C1. The molecule has 6 heteroatoms. The molecule has 2 fully saturated rings. The minimum Gasteiger partial charge on any atom is -0.372 e. The summed E-state index contributed by atoms with van der Waals surface area (Å²) in [6.45, 7) is 4.40. The van der Waals surface area contributed by atoms with Gasteiger partial charge in [0.2, 0.25) is 0 Å². The van der Waals surface area contributed by atoms with Crippen LogP contribution in [0, 0.1) is 0 Å². The summed E-state index contributed by atoms with van der Waals surface area (Å²) in [4.78, 5) is 17.2. The van der Waals surface area contributed by atoms with E-state index in [-0.39, 0.29) is 0 Å². The molecule has 4 heterocycles. The molecule has 1 unspecified atom stereocenters. The Labute approximate surface area is 212 Å². The second-order valence-corrected chi connectivity index (χ2v) is 10.3. The van der Waals surface area contributed by atoms with Crippen LogP contribution in [0.15, 0.2) is 61.1 Å². The Morgan fingerprint density at radius 3 is 2.75 bits per heavy atom. The molecular weight excluding hydrogens is 444 g/mol. The van der Waals surface area contributed by atoms with Gasteiger partial charge in [-0.05, 0) is 68.5 Å². The van der Waals surface area contributed by atoms with E-state index in [1.165, 1.54) is 54.4 Å². The normalized spacial score (nSPS) is 19.9. The Balaban J connectivity index is 1.22. The largest absolute Gasteiger partial charge is 0.372 e. The predicted octanol–water partition coefficient (Wildman–Crippen LogP) is 5.40. The first kappa shape index (κ1) is 21.7. The van der Waals surface area contributed by atoms with Crippen LogP contribution in [0.1, 0.15) is 55.1 Å². The van der Waals surface area contributed by atoms with Gasteiger partial charge in [0, 0.05) is 48.9 Å². The van der Waals surface area contributed by atoms with Crippen LogP contribution in [0.4, 0.5) is 5.69 Å². The zero-order valence-electron chi connectivity index (χ0n) is 20.7. The fraction of sp³-hybridized carbons (Fsp3) is 0.367. The first-order valence-electron chi connectivity index (χ1n) is 13.4. The van der Waals surface area contributed by atoms with Crippen molar-refractivity contribution in [3.05, 3.63) is 78.0 Å². The van der Waals surface area contributed by atoms with Gasteiger partial charge in [0.1, 0.15) is 0 Å². The van der Waals surface area contributed by atoms with Crippen molar-refractivity contribution in [3.8, 4) is 11.3 Å². The van der Waals surface area contributed by atoms with E-state index in [2.05, 4.69) is 63.3 Å². The summed E-state index contributed by atoms with van der Waals surface area (Å²) in [6, 6.07) is 15.9. The zero-order valence-corrected chi connectivity index (χ0v) is 20.7. The quantitative estimate of drug-likeness (QED) is 0.428. The molecule has 3 aliphatic rings. The summed E-state index contributed by atoms with van der Waals surface area (Å²) in [5, 5.41) is 3.54. The zero-order chi connectivity index (χ0) is 23.9. The third-order valence-corrected chi connectivity index (χ3v) is 8.02. The highest BCUT2D eigenvalue weighted by Crippen LogP contribution is 2.34. The van der Waals surface area contributed by atoms with E-state index < -0.39 is 0 Å². The molecule has 182 valence electrons. The van der Waals surface area contributed by atoms with Crippen LogP contribution in [0.2, 0.25) is 0 Å². The van der Waals surface area contributed by atoms with E-state index in [0.29, 0.717) is 6.04 Å². The second kappa shape index (κ2) is 9.17. The monoisotopic (exact) mass is 476 g/mol. The number of hydrogen-bond acceptors (Lipinski definition) is 5. The maximum atomic E-state index is 5.17. The van der Waals surface area contributed by atoms with Crippen LogP contribution in [0.5, 0.6) is 0 Å². The van der Waals surface area contributed by atoms with Crippen LogP contribution in [-0.4, -0.2) is 45.7 Å². The van der Waals surface area contributed by atoms with Gasteiger partial charge in [-0.3, -0.25) is 4.98 Å².